The number of aromatic hydroxyl groups is 1. The lowest BCUT2D eigenvalue weighted by Crippen LogP contribution is -1.93. The average Bonchev–Trinajstić information content (AvgIpc) is 2.92. The molecule has 2 rings (SSSR count). The van der Waals surface area contributed by atoms with Crippen molar-refractivity contribution in [1.29, 1.82) is 0 Å². The van der Waals surface area contributed by atoms with Gasteiger partial charge in [0.2, 0.25) is 0 Å². The van der Waals surface area contributed by atoms with Gasteiger partial charge in [0.15, 0.2) is 6.29 Å². The molecule has 0 radical (unpaired) electrons. The van der Waals surface area contributed by atoms with Gasteiger partial charge in [-0.2, -0.15) is 0 Å². The summed E-state index contributed by atoms with van der Waals surface area (Å²) < 4.78 is 0. The number of phenols is 1. The van der Waals surface area contributed by atoms with E-state index in [4.69, 9.17) is 5.73 Å². The molecule has 0 unspecified atom stereocenters. The van der Waals surface area contributed by atoms with Crippen LogP contribution in [0, 0.1) is 0 Å². The monoisotopic (exact) mass is 177 g/mol. The maximum atomic E-state index is 10.6. The van der Waals surface area contributed by atoms with Crippen LogP contribution < -0.4 is 5.73 Å². The second kappa shape index (κ2) is 2.76. The largest absolute Gasteiger partial charge is 0.505 e. The summed E-state index contributed by atoms with van der Waals surface area (Å²) in [5, 5.41) is 9.37. The number of benzene rings is 1. The Kier molecular flexibility index (Phi) is 1.72. The number of phenolic OH excluding ortho intramolecular Hbond substituents is 1. The highest BCUT2D eigenvalue weighted by molar-refractivity contribution is 5.83. The molecule has 0 atom stereocenters. The molecule has 0 spiro atoms. The maximum Gasteiger partial charge on any atom is 0.153 e. The SMILES string of the molecule is Nc1cc(C2CC2)cc(C=O)c1O. The molecular formula is C10H11NO2. The van der Waals surface area contributed by atoms with Crippen molar-refractivity contribution in [2.45, 2.75) is 18.8 Å². The zero-order valence-corrected chi connectivity index (χ0v) is 7.16. The van der Waals surface area contributed by atoms with E-state index in [1.807, 2.05) is 0 Å². The normalized spacial score (nSPS) is 15.7. The van der Waals surface area contributed by atoms with Crippen LogP contribution in [-0.4, -0.2) is 11.4 Å². The minimum Gasteiger partial charge on any atom is -0.505 e. The summed E-state index contributed by atoms with van der Waals surface area (Å²) in [4.78, 5) is 10.6. The minimum atomic E-state index is -0.0978. The maximum absolute atomic E-state index is 10.6. The van der Waals surface area contributed by atoms with Gasteiger partial charge in [0.1, 0.15) is 5.75 Å². The number of nitrogens with two attached hydrogens (primary N) is 1. The number of hydrogen-bond donors (Lipinski definition) is 2. The first-order chi connectivity index (χ1) is 6.22. The molecule has 0 aromatic heterocycles. The van der Waals surface area contributed by atoms with Crippen LogP contribution in [0.2, 0.25) is 0 Å². The second-order valence-electron chi connectivity index (χ2n) is 3.44. The van der Waals surface area contributed by atoms with Crippen LogP contribution in [0.5, 0.6) is 5.75 Å². The summed E-state index contributed by atoms with van der Waals surface area (Å²) in [6.45, 7) is 0. The van der Waals surface area contributed by atoms with E-state index in [9.17, 15) is 9.90 Å². The Bertz CT molecular complexity index is 356. The molecule has 68 valence electrons. The topological polar surface area (TPSA) is 63.3 Å². The Morgan fingerprint density at radius 3 is 2.69 bits per heavy atom. The van der Waals surface area contributed by atoms with E-state index in [0.717, 1.165) is 18.4 Å². The number of hydrogen-bond acceptors (Lipinski definition) is 3. The Morgan fingerprint density at radius 2 is 2.15 bits per heavy atom. The molecule has 0 heterocycles. The number of anilines is 1. The van der Waals surface area contributed by atoms with Crippen LogP contribution >= 0.6 is 0 Å². The highest BCUT2D eigenvalue weighted by Gasteiger charge is 2.24. The first kappa shape index (κ1) is 8.10. The second-order valence-corrected chi connectivity index (χ2v) is 3.44. The molecule has 1 fully saturated rings. The Morgan fingerprint density at radius 1 is 1.46 bits per heavy atom. The van der Waals surface area contributed by atoms with Crippen LogP contribution in [0.1, 0.15) is 34.7 Å². The van der Waals surface area contributed by atoms with Crippen molar-refractivity contribution in [2.24, 2.45) is 0 Å². The van der Waals surface area contributed by atoms with Crippen molar-refractivity contribution < 1.29 is 9.90 Å². The Balaban J connectivity index is 2.49. The molecule has 0 amide bonds. The number of rotatable bonds is 2. The van der Waals surface area contributed by atoms with Gasteiger partial charge in [-0.15, -0.1) is 0 Å². The lowest BCUT2D eigenvalue weighted by molar-refractivity contribution is 0.112. The number of carbonyl (C=O) groups excluding carboxylic acids is 1. The van der Waals surface area contributed by atoms with Gasteiger partial charge in [0.05, 0.1) is 11.3 Å². The van der Waals surface area contributed by atoms with Gasteiger partial charge in [0.25, 0.3) is 0 Å². The highest BCUT2D eigenvalue weighted by Crippen LogP contribution is 2.42. The predicted molar refractivity (Wildman–Crippen MR) is 49.9 cm³/mol. The van der Waals surface area contributed by atoms with E-state index in [2.05, 4.69) is 0 Å². The Labute approximate surface area is 76.2 Å². The lowest BCUT2D eigenvalue weighted by Gasteiger charge is -2.05. The first-order valence-electron chi connectivity index (χ1n) is 4.30. The molecule has 3 heteroatoms. The van der Waals surface area contributed by atoms with Gasteiger partial charge in [-0.1, -0.05) is 0 Å². The molecule has 1 aliphatic rings. The van der Waals surface area contributed by atoms with Gasteiger partial charge in [-0.25, -0.2) is 0 Å². The molecule has 0 aliphatic heterocycles. The molecular weight excluding hydrogens is 166 g/mol. The van der Waals surface area contributed by atoms with Gasteiger partial charge in [-0.05, 0) is 36.5 Å². The zero-order chi connectivity index (χ0) is 9.42. The van der Waals surface area contributed by atoms with E-state index in [1.165, 1.54) is 0 Å². The molecule has 3 nitrogen and oxygen atoms in total. The minimum absolute atomic E-state index is 0.0978. The van der Waals surface area contributed by atoms with Crippen LogP contribution in [0.4, 0.5) is 5.69 Å². The van der Waals surface area contributed by atoms with Crippen LogP contribution in [0.25, 0.3) is 0 Å². The van der Waals surface area contributed by atoms with Crippen molar-refractivity contribution in [3.63, 3.8) is 0 Å². The van der Waals surface area contributed by atoms with Crippen LogP contribution in [0.3, 0.4) is 0 Å². The molecule has 0 saturated heterocycles. The summed E-state index contributed by atoms with van der Waals surface area (Å²) in [5.74, 6) is 0.445. The smallest absolute Gasteiger partial charge is 0.153 e. The molecule has 1 aromatic carbocycles. The van der Waals surface area contributed by atoms with E-state index in [-0.39, 0.29) is 5.75 Å². The van der Waals surface area contributed by atoms with Crippen molar-refractivity contribution in [3.05, 3.63) is 23.3 Å². The van der Waals surface area contributed by atoms with E-state index in [1.54, 1.807) is 12.1 Å². The fourth-order valence-electron chi connectivity index (χ4n) is 1.45. The predicted octanol–water partition coefficient (Wildman–Crippen LogP) is 1.66. The number of aldehydes is 1. The number of nitrogen functional groups attached to an aromatic ring is 1. The van der Waals surface area contributed by atoms with Crippen LogP contribution in [-0.2, 0) is 0 Å². The summed E-state index contributed by atoms with van der Waals surface area (Å²) >= 11 is 0. The third-order valence-electron chi connectivity index (χ3n) is 2.37. The molecule has 1 aliphatic carbocycles. The molecule has 1 saturated carbocycles. The summed E-state index contributed by atoms with van der Waals surface area (Å²) in [5.41, 5.74) is 7.21. The van der Waals surface area contributed by atoms with Gasteiger partial charge >= 0.3 is 0 Å². The third-order valence-corrected chi connectivity index (χ3v) is 2.37. The standard InChI is InChI=1S/C10H11NO2/c11-9-4-7(6-1-2-6)3-8(5-12)10(9)13/h3-6,13H,1-2,11H2. The van der Waals surface area contributed by atoms with Crippen molar-refractivity contribution in [1.82, 2.24) is 0 Å². The molecule has 1 aromatic rings. The molecule has 0 bridgehead atoms. The fourth-order valence-corrected chi connectivity index (χ4v) is 1.45. The Hall–Kier alpha value is -1.51. The van der Waals surface area contributed by atoms with Gasteiger partial charge in [-0.3, -0.25) is 4.79 Å². The molecule has 13 heavy (non-hydrogen) atoms. The fraction of sp³-hybridized carbons (Fsp3) is 0.300. The van der Waals surface area contributed by atoms with E-state index < -0.39 is 0 Å². The zero-order valence-electron chi connectivity index (χ0n) is 7.16. The third kappa shape index (κ3) is 1.37. The lowest BCUT2D eigenvalue weighted by atomic mass is 10.1. The van der Waals surface area contributed by atoms with Crippen molar-refractivity contribution in [3.8, 4) is 5.75 Å². The summed E-state index contributed by atoms with van der Waals surface area (Å²) in [6.07, 6.45) is 2.95. The highest BCUT2D eigenvalue weighted by atomic mass is 16.3. The van der Waals surface area contributed by atoms with Crippen molar-refractivity contribution >= 4 is 12.0 Å². The van der Waals surface area contributed by atoms with Gasteiger partial charge < -0.3 is 10.8 Å². The summed E-state index contributed by atoms with van der Waals surface area (Å²) in [7, 11) is 0. The van der Waals surface area contributed by atoms with E-state index >= 15 is 0 Å². The van der Waals surface area contributed by atoms with Gasteiger partial charge in [0, 0.05) is 0 Å². The quantitative estimate of drug-likeness (QED) is 0.410. The first-order valence-corrected chi connectivity index (χ1v) is 4.30. The average molecular weight is 177 g/mol. The van der Waals surface area contributed by atoms with E-state index in [0.29, 0.717) is 23.5 Å². The summed E-state index contributed by atoms with van der Waals surface area (Å²) in [6, 6.07) is 3.47. The number of carbonyl (C=O) groups is 1. The van der Waals surface area contributed by atoms with Crippen LogP contribution in [0.15, 0.2) is 12.1 Å². The van der Waals surface area contributed by atoms with Crippen molar-refractivity contribution in [2.75, 3.05) is 5.73 Å². The molecule has 3 N–H and O–H groups in total.